The van der Waals surface area contributed by atoms with Crippen molar-refractivity contribution in [3.8, 4) is 0 Å². The lowest BCUT2D eigenvalue weighted by atomic mass is 9.79. The number of hydrogen-bond acceptors (Lipinski definition) is 4. The summed E-state index contributed by atoms with van der Waals surface area (Å²) >= 11 is 0. The SMILES string of the molecule is COC(=O)C(NCCN(C)C)(c1ccccc1)C(C)C. The van der Waals surface area contributed by atoms with E-state index in [4.69, 9.17) is 4.74 Å². The molecule has 0 radical (unpaired) electrons. The van der Waals surface area contributed by atoms with E-state index in [1.54, 1.807) is 0 Å². The molecule has 4 nitrogen and oxygen atoms in total. The van der Waals surface area contributed by atoms with E-state index < -0.39 is 5.54 Å². The standard InChI is InChI=1S/C16H26N2O2/c1-13(2)16(15(19)20-5,17-11-12-18(3)4)14-9-7-6-8-10-14/h6-10,13,17H,11-12H2,1-5H3. The molecule has 1 unspecified atom stereocenters. The summed E-state index contributed by atoms with van der Waals surface area (Å²) in [4.78, 5) is 14.5. The molecule has 0 heterocycles. The quantitative estimate of drug-likeness (QED) is 0.773. The molecule has 1 aromatic carbocycles. The molecule has 0 aromatic heterocycles. The maximum Gasteiger partial charge on any atom is 0.330 e. The average Bonchev–Trinajstić information content (AvgIpc) is 2.43. The molecule has 0 aliphatic carbocycles. The number of methoxy groups -OCH3 is 1. The van der Waals surface area contributed by atoms with Crippen LogP contribution in [0.1, 0.15) is 19.4 Å². The molecule has 20 heavy (non-hydrogen) atoms. The van der Waals surface area contributed by atoms with Crippen LogP contribution in [-0.2, 0) is 15.1 Å². The van der Waals surface area contributed by atoms with E-state index in [0.29, 0.717) is 0 Å². The van der Waals surface area contributed by atoms with Gasteiger partial charge in [-0.2, -0.15) is 0 Å². The minimum atomic E-state index is -0.800. The van der Waals surface area contributed by atoms with Crippen LogP contribution >= 0.6 is 0 Å². The van der Waals surface area contributed by atoms with Gasteiger partial charge in [0.15, 0.2) is 0 Å². The third kappa shape index (κ3) is 3.58. The number of benzene rings is 1. The highest BCUT2D eigenvalue weighted by Crippen LogP contribution is 2.31. The molecule has 0 saturated heterocycles. The highest BCUT2D eigenvalue weighted by Gasteiger charge is 2.43. The summed E-state index contributed by atoms with van der Waals surface area (Å²) < 4.78 is 5.07. The van der Waals surface area contributed by atoms with Gasteiger partial charge in [-0.1, -0.05) is 44.2 Å². The number of carbonyl (C=O) groups is 1. The predicted molar refractivity (Wildman–Crippen MR) is 81.5 cm³/mol. The van der Waals surface area contributed by atoms with Gasteiger partial charge >= 0.3 is 5.97 Å². The van der Waals surface area contributed by atoms with Gasteiger partial charge in [-0.25, -0.2) is 4.79 Å². The van der Waals surface area contributed by atoms with Gasteiger partial charge in [-0.3, -0.25) is 5.32 Å². The molecular formula is C16H26N2O2. The lowest BCUT2D eigenvalue weighted by Gasteiger charge is -2.36. The Labute approximate surface area is 122 Å². The second-order valence-corrected chi connectivity index (χ2v) is 5.55. The normalized spacial score (nSPS) is 14.3. The van der Waals surface area contributed by atoms with E-state index in [0.717, 1.165) is 18.7 Å². The van der Waals surface area contributed by atoms with Crippen LogP contribution in [0.25, 0.3) is 0 Å². The molecule has 112 valence electrons. The molecule has 1 atom stereocenters. The summed E-state index contributed by atoms with van der Waals surface area (Å²) in [7, 11) is 5.47. The van der Waals surface area contributed by atoms with Gasteiger partial charge in [0.05, 0.1) is 7.11 Å². The van der Waals surface area contributed by atoms with E-state index in [9.17, 15) is 4.79 Å². The molecule has 0 aliphatic rings. The number of hydrogen-bond donors (Lipinski definition) is 1. The number of nitrogens with one attached hydrogen (secondary N) is 1. The first-order chi connectivity index (χ1) is 9.45. The second-order valence-electron chi connectivity index (χ2n) is 5.55. The van der Waals surface area contributed by atoms with E-state index >= 15 is 0 Å². The molecule has 0 aliphatic heterocycles. The zero-order valence-corrected chi connectivity index (χ0v) is 13.1. The summed E-state index contributed by atoms with van der Waals surface area (Å²) in [5.74, 6) is -0.156. The summed E-state index contributed by atoms with van der Waals surface area (Å²) in [5, 5.41) is 3.41. The molecule has 0 fully saturated rings. The number of likely N-dealkylation sites (N-methyl/N-ethyl adjacent to an activating group) is 1. The first-order valence-electron chi connectivity index (χ1n) is 6.98. The van der Waals surface area contributed by atoms with Crippen molar-refractivity contribution in [2.24, 2.45) is 5.92 Å². The fraction of sp³-hybridized carbons (Fsp3) is 0.562. The Morgan fingerprint density at radius 2 is 1.90 bits per heavy atom. The van der Waals surface area contributed by atoms with Gasteiger partial charge in [-0.05, 0) is 25.6 Å². The second kappa shape index (κ2) is 7.41. The van der Waals surface area contributed by atoms with Crippen LogP contribution in [0.4, 0.5) is 0 Å². The Bertz CT molecular complexity index is 418. The Balaban J connectivity index is 3.12. The molecule has 0 amide bonds. The largest absolute Gasteiger partial charge is 0.467 e. The van der Waals surface area contributed by atoms with Gasteiger partial charge in [-0.15, -0.1) is 0 Å². The van der Waals surface area contributed by atoms with Crippen molar-refractivity contribution < 1.29 is 9.53 Å². The Morgan fingerprint density at radius 3 is 2.35 bits per heavy atom. The van der Waals surface area contributed by atoms with Crippen LogP contribution < -0.4 is 5.32 Å². The average molecular weight is 278 g/mol. The smallest absolute Gasteiger partial charge is 0.330 e. The molecule has 1 N–H and O–H groups in total. The zero-order chi connectivity index (χ0) is 15.2. The summed E-state index contributed by atoms with van der Waals surface area (Å²) in [5.41, 5.74) is 0.145. The molecule has 4 heteroatoms. The minimum Gasteiger partial charge on any atom is -0.467 e. The van der Waals surface area contributed by atoms with Crippen LogP contribution in [0.3, 0.4) is 0 Å². The number of rotatable bonds is 7. The third-order valence-corrected chi connectivity index (χ3v) is 3.57. The minimum absolute atomic E-state index is 0.0829. The van der Waals surface area contributed by atoms with Crippen molar-refractivity contribution in [1.29, 1.82) is 0 Å². The highest BCUT2D eigenvalue weighted by atomic mass is 16.5. The topological polar surface area (TPSA) is 41.6 Å². The molecule has 1 rings (SSSR count). The molecular weight excluding hydrogens is 252 g/mol. The van der Waals surface area contributed by atoms with E-state index in [2.05, 4.69) is 10.2 Å². The first-order valence-corrected chi connectivity index (χ1v) is 6.98. The van der Waals surface area contributed by atoms with E-state index in [1.807, 2.05) is 58.3 Å². The van der Waals surface area contributed by atoms with Crippen LogP contribution in [0.2, 0.25) is 0 Å². The lowest BCUT2D eigenvalue weighted by Crippen LogP contribution is -2.55. The summed E-state index contributed by atoms with van der Waals surface area (Å²) in [6, 6.07) is 9.79. The molecule has 1 aromatic rings. The van der Waals surface area contributed by atoms with Crippen molar-refractivity contribution >= 4 is 5.97 Å². The fourth-order valence-corrected chi connectivity index (χ4v) is 2.40. The van der Waals surface area contributed by atoms with Crippen LogP contribution in [0, 0.1) is 5.92 Å². The summed E-state index contributed by atoms with van der Waals surface area (Å²) in [6.07, 6.45) is 0. The monoisotopic (exact) mass is 278 g/mol. The number of ether oxygens (including phenoxy) is 1. The maximum absolute atomic E-state index is 12.5. The van der Waals surface area contributed by atoms with Gasteiger partial charge in [0.2, 0.25) is 0 Å². The van der Waals surface area contributed by atoms with Crippen molar-refractivity contribution in [3.63, 3.8) is 0 Å². The van der Waals surface area contributed by atoms with Gasteiger partial charge < -0.3 is 9.64 Å². The maximum atomic E-state index is 12.5. The van der Waals surface area contributed by atoms with Crippen LogP contribution in [0.5, 0.6) is 0 Å². The van der Waals surface area contributed by atoms with Crippen molar-refractivity contribution in [3.05, 3.63) is 35.9 Å². The van der Waals surface area contributed by atoms with Gasteiger partial charge in [0.25, 0.3) is 0 Å². The van der Waals surface area contributed by atoms with E-state index in [-0.39, 0.29) is 11.9 Å². The number of carbonyl (C=O) groups excluding carboxylic acids is 1. The number of nitrogens with zero attached hydrogens (tertiary/aromatic N) is 1. The van der Waals surface area contributed by atoms with Crippen molar-refractivity contribution in [2.45, 2.75) is 19.4 Å². The highest BCUT2D eigenvalue weighted by molar-refractivity contribution is 5.83. The molecule has 0 bridgehead atoms. The summed E-state index contributed by atoms with van der Waals surface area (Å²) in [6.45, 7) is 5.65. The molecule has 0 saturated carbocycles. The number of esters is 1. The first kappa shape index (κ1) is 16.7. The predicted octanol–water partition coefficient (Wildman–Crippen LogP) is 1.86. The Kier molecular flexibility index (Phi) is 6.17. The van der Waals surface area contributed by atoms with Gasteiger partial charge in [0.1, 0.15) is 5.54 Å². The van der Waals surface area contributed by atoms with Crippen LogP contribution in [-0.4, -0.2) is 45.2 Å². The van der Waals surface area contributed by atoms with Crippen molar-refractivity contribution in [2.75, 3.05) is 34.3 Å². The van der Waals surface area contributed by atoms with E-state index in [1.165, 1.54) is 7.11 Å². The fourth-order valence-electron chi connectivity index (χ4n) is 2.40. The van der Waals surface area contributed by atoms with Gasteiger partial charge in [0, 0.05) is 13.1 Å². The third-order valence-electron chi connectivity index (χ3n) is 3.57. The Hall–Kier alpha value is -1.39. The van der Waals surface area contributed by atoms with Crippen molar-refractivity contribution in [1.82, 2.24) is 10.2 Å². The lowest BCUT2D eigenvalue weighted by molar-refractivity contribution is -0.151. The Morgan fingerprint density at radius 1 is 1.30 bits per heavy atom. The molecule has 0 spiro atoms. The van der Waals surface area contributed by atoms with Crippen LogP contribution in [0.15, 0.2) is 30.3 Å². The zero-order valence-electron chi connectivity index (χ0n) is 13.1.